The summed E-state index contributed by atoms with van der Waals surface area (Å²) in [6.07, 6.45) is 1.06. The first-order chi connectivity index (χ1) is 8.29. The van der Waals surface area contributed by atoms with Crippen molar-refractivity contribution in [2.45, 2.75) is 25.6 Å². The maximum absolute atomic E-state index is 5.59. The highest BCUT2D eigenvalue weighted by atomic mass is 32.2. The molecule has 1 N–H and O–H groups in total. The third-order valence-corrected chi connectivity index (χ3v) is 4.39. The zero-order chi connectivity index (χ0) is 12.1. The van der Waals surface area contributed by atoms with E-state index >= 15 is 0 Å². The maximum atomic E-state index is 5.59. The Kier molecular flexibility index (Phi) is 4.75. The molecule has 0 saturated carbocycles. The van der Waals surface area contributed by atoms with Gasteiger partial charge < -0.3 is 10.1 Å². The lowest BCUT2D eigenvalue weighted by Gasteiger charge is -2.27. The number of nitrogens with one attached hydrogen (secondary N) is 1. The van der Waals surface area contributed by atoms with Crippen molar-refractivity contribution in [3.8, 4) is 5.75 Å². The Morgan fingerprint density at radius 3 is 2.71 bits per heavy atom. The SMILES string of the molecule is CCCOc1ccc(C2NCC(C)CS2)cc1. The molecule has 1 aliphatic heterocycles. The number of hydrogen-bond acceptors (Lipinski definition) is 3. The lowest BCUT2D eigenvalue weighted by atomic mass is 10.2. The second-order valence-electron chi connectivity index (χ2n) is 4.64. The highest BCUT2D eigenvalue weighted by Gasteiger charge is 2.19. The van der Waals surface area contributed by atoms with Gasteiger partial charge in [-0.05, 0) is 42.3 Å². The minimum Gasteiger partial charge on any atom is -0.494 e. The van der Waals surface area contributed by atoms with E-state index in [9.17, 15) is 0 Å². The number of rotatable bonds is 4. The largest absolute Gasteiger partial charge is 0.494 e. The molecule has 1 aromatic rings. The summed E-state index contributed by atoms with van der Waals surface area (Å²) in [5.41, 5.74) is 1.35. The molecule has 17 heavy (non-hydrogen) atoms. The van der Waals surface area contributed by atoms with E-state index in [1.54, 1.807) is 0 Å². The zero-order valence-electron chi connectivity index (χ0n) is 10.6. The summed E-state index contributed by atoms with van der Waals surface area (Å²) in [7, 11) is 0. The molecule has 2 unspecified atom stereocenters. The van der Waals surface area contributed by atoms with Gasteiger partial charge in [-0.25, -0.2) is 0 Å². The van der Waals surface area contributed by atoms with E-state index < -0.39 is 0 Å². The van der Waals surface area contributed by atoms with Crippen molar-refractivity contribution in [2.75, 3.05) is 18.9 Å². The van der Waals surface area contributed by atoms with Crippen LogP contribution in [-0.2, 0) is 0 Å². The summed E-state index contributed by atoms with van der Waals surface area (Å²) in [5.74, 6) is 3.00. The van der Waals surface area contributed by atoms with Crippen molar-refractivity contribution in [1.82, 2.24) is 5.32 Å². The van der Waals surface area contributed by atoms with Crippen LogP contribution < -0.4 is 10.1 Å². The van der Waals surface area contributed by atoms with Crippen LogP contribution in [0.25, 0.3) is 0 Å². The first kappa shape index (κ1) is 12.8. The van der Waals surface area contributed by atoms with Gasteiger partial charge in [-0.1, -0.05) is 26.0 Å². The van der Waals surface area contributed by atoms with Crippen LogP contribution in [-0.4, -0.2) is 18.9 Å². The van der Waals surface area contributed by atoms with Gasteiger partial charge in [-0.3, -0.25) is 0 Å². The molecular weight excluding hydrogens is 230 g/mol. The number of hydrogen-bond donors (Lipinski definition) is 1. The Labute approximate surface area is 108 Å². The fourth-order valence-corrected chi connectivity index (χ4v) is 3.06. The summed E-state index contributed by atoms with van der Waals surface area (Å²) < 4.78 is 5.59. The van der Waals surface area contributed by atoms with Crippen LogP contribution in [0.15, 0.2) is 24.3 Å². The quantitative estimate of drug-likeness (QED) is 0.885. The fraction of sp³-hybridized carbons (Fsp3) is 0.571. The van der Waals surface area contributed by atoms with Crippen LogP contribution in [0.4, 0.5) is 0 Å². The monoisotopic (exact) mass is 251 g/mol. The predicted octanol–water partition coefficient (Wildman–Crippen LogP) is 3.45. The normalized spacial score (nSPS) is 24.6. The minimum absolute atomic E-state index is 0.450. The molecule has 1 aliphatic rings. The van der Waals surface area contributed by atoms with Crippen molar-refractivity contribution >= 4 is 11.8 Å². The topological polar surface area (TPSA) is 21.3 Å². The molecular formula is C14H21NOS. The van der Waals surface area contributed by atoms with Crippen LogP contribution in [0.3, 0.4) is 0 Å². The molecule has 0 radical (unpaired) electrons. The third-order valence-electron chi connectivity index (χ3n) is 2.85. The highest BCUT2D eigenvalue weighted by molar-refractivity contribution is 7.99. The van der Waals surface area contributed by atoms with Gasteiger partial charge in [-0.15, -0.1) is 11.8 Å². The second-order valence-corrected chi connectivity index (χ2v) is 5.78. The smallest absolute Gasteiger partial charge is 0.119 e. The molecule has 0 spiro atoms. The standard InChI is InChI=1S/C14H21NOS/c1-3-8-16-13-6-4-12(5-7-13)14-15-9-11(2)10-17-14/h4-7,11,14-15H,3,8-10H2,1-2H3. The van der Waals surface area contributed by atoms with Crippen LogP contribution >= 0.6 is 11.8 Å². The molecule has 1 saturated heterocycles. The summed E-state index contributed by atoms with van der Waals surface area (Å²) in [5, 5.41) is 4.02. The Morgan fingerprint density at radius 1 is 1.35 bits per heavy atom. The Morgan fingerprint density at radius 2 is 2.12 bits per heavy atom. The predicted molar refractivity (Wildman–Crippen MR) is 74.6 cm³/mol. The molecule has 0 bridgehead atoms. The number of ether oxygens (including phenoxy) is 1. The molecule has 1 aromatic carbocycles. The molecule has 2 atom stereocenters. The zero-order valence-corrected chi connectivity index (χ0v) is 11.4. The van der Waals surface area contributed by atoms with Gasteiger partial charge >= 0.3 is 0 Å². The van der Waals surface area contributed by atoms with Crippen molar-refractivity contribution in [3.05, 3.63) is 29.8 Å². The minimum atomic E-state index is 0.450. The maximum Gasteiger partial charge on any atom is 0.119 e. The summed E-state index contributed by atoms with van der Waals surface area (Å²) in [6, 6.07) is 8.49. The third kappa shape index (κ3) is 3.65. The highest BCUT2D eigenvalue weighted by Crippen LogP contribution is 2.32. The molecule has 1 fully saturated rings. The molecule has 0 aromatic heterocycles. The lowest BCUT2D eigenvalue weighted by molar-refractivity contribution is 0.317. The average Bonchev–Trinajstić information content (AvgIpc) is 2.38. The summed E-state index contributed by atoms with van der Waals surface area (Å²) >= 11 is 2.00. The molecule has 3 heteroatoms. The Bertz CT molecular complexity index is 331. The second kappa shape index (κ2) is 6.31. The lowest BCUT2D eigenvalue weighted by Crippen LogP contribution is -2.31. The molecule has 0 aliphatic carbocycles. The van der Waals surface area contributed by atoms with Crippen molar-refractivity contribution < 1.29 is 4.74 Å². The Hall–Kier alpha value is -0.670. The number of benzene rings is 1. The van der Waals surface area contributed by atoms with Crippen LogP contribution in [0.2, 0.25) is 0 Å². The first-order valence-electron chi connectivity index (χ1n) is 6.37. The van der Waals surface area contributed by atoms with Gasteiger partial charge in [0.2, 0.25) is 0 Å². The van der Waals surface area contributed by atoms with Crippen molar-refractivity contribution in [3.63, 3.8) is 0 Å². The van der Waals surface area contributed by atoms with Gasteiger partial charge in [0.15, 0.2) is 0 Å². The van der Waals surface area contributed by atoms with E-state index in [-0.39, 0.29) is 0 Å². The Balaban J connectivity index is 1.93. The van der Waals surface area contributed by atoms with Crippen molar-refractivity contribution in [1.29, 1.82) is 0 Å². The molecule has 94 valence electrons. The van der Waals surface area contributed by atoms with E-state index in [0.717, 1.165) is 31.2 Å². The van der Waals surface area contributed by atoms with E-state index in [0.29, 0.717) is 5.37 Å². The van der Waals surface area contributed by atoms with Crippen LogP contribution in [0, 0.1) is 5.92 Å². The molecule has 0 amide bonds. The van der Waals surface area contributed by atoms with E-state index in [1.807, 2.05) is 11.8 Å². The van der Waals surface area contributed by atoms with E-state index in [4.69, 9.17) is 4.74 Å². The van der Waals surface area contributed by atoms with E-state index in [2.05, 4.69) is 43.4 Å². The van der Waals surface area contributed by atoms with Gasteiger partial charge in [0, 0.05) is 0 Å². The van der Waals surface area contributed by atoms with Gasteiger partial charge in [0.1, 0.15) is 5.75 Å². The number of thioether (sulfide) groups is 1. The van der Waals surface area contributed by atoms with Crippen LogP contribution in [0.1, 0.15) is 31.2 Å². The summed E-state index contributed by atoms with van der Waals surface area (Å²) in [6.45, 7) is 6.33. The van der Waals surface area contributed by atoms with Gasteiger partial charge in [-0.2, -0.15) is 0 Å². The molecule has 1 heterocycles. The van der Waals surface area contributed by atoms with Gasteiger partial charge in [0.05, 0.1) is 12.0 Å². The fourth-order valence-electron chi connectivity index (χ4n) is 1.86. The molecule has 2 rings (SSSR count). The van der Waals surface area contributed by atoms with Gasteiger partial charge in [0.25, 0.3) is 0 Å². The summed E-state index contributed by atoms with van der Waals surface area (Å²) in [4.78, 5) is 0. The van der Waals surface area contributed by atoms with Crippen molar-refractivity contribution in [2.24, 2.45) is 5.92 Å². The van der Waals surface area contributed by atoms with E-state index in [1.165, 1.54) is 11.3 Å². The first-order valence-corrected chi connectivity index (χ1v) is 7.42. The average molecular weight is 251 g/mol. The van der Waals surface area contributed by atoms with Crippen LogP contribution in [0.5, 0.6) is 5.75 Å². The molecule has 2 nitrogen and oxygen atoms in total.